The lowest BCUT2D eigenvalue weighted by Crippen LogP contribution is -2.41. The minimum atomic E-state index is -0.512. The number of aromatic amines is 1. The number of nitrogens with zero attached hydrogens (tertiary/aromatic N) is 1. The summed E-state index contributed by atoms with van der Waals surface area (Å²) in [6.07, 6.45) is 7.29. The number of hydrogen-bond acceptors (Lipinski definition) is 4. The predicted octanol–water partition coefficient (Wildman–Crippen LogP) is 3.27. The minimum absolute atomic E-state index is 0.00773. The molecule has 7 heteroatoms. The van der Waals surface area contributed by atoms with Gasteiger partial charge in [0.25, 0.3) is 11.5 Å². The number of halogens is 1. The first kappa shape index (κ1) is 21.8. The second-order valence-electron chi connectivity index (χ2n) is 7.64. The van der Waals surface area contributed by atoms with Gasteiger partial charge in [-0.2, -0.15) is 0 Å². The van der Waals surface area contributed by atoms with Crippen LogP contribution in [0.5, 0.6) is 0 Å². The van der Waals surface area contributed by atoms with E-state index in [1.54, 1.807) is 0 Å². The Balaban J connectivity index is 1.77. The number of anilines is 1. The number of carbonyl (C=O) groups is 1. The van der Waals surface area contributed by atoms with Crippen LogP contribution in [0, 0.1) is 11.8 Å². The molecule has 0 aromatic carbocycles. The molecule has 0 spiro atoms. The summed E-state index contributed by atoms with van der Waals surface area (Å²) < 4.78 is 0. The van der Waals surface area contributed by atoms with Crippen molar-refractivity contribution >= 4 is 23.3 Å². The van der Waals surface area contributed by atoms with Gasteiger partial charge in [0.15, 0.2) is 0 Å². The second-order valence-corrected chi connectivity index (χ2v) is 8.05. The predicted molar refractivity (Wildman–Crippen MR) is 111 cm³/mol. The second kappa shape index (κ2) is 10.7. The van der Waals surface area contributed by atoms with E-state index in [-0.39, 0.29) is 16.4 Å². The van der Waals surface area contributed by atoms with Crippen LogP contribution < -0.4 is 16.6 Å². The maximum atomic E-state index is 12.3. The Kier molecular flexibility index (Phi) is 8.64. The number of likely N-dealkylation sites (tertiary alicyclic amines) is 1. The normalized spacial score (nSPS) is 17.0. The van der Waals surface area contributed by atoms with Crippen molar-refractivity contribution in [2.45, 2.75) is 52.4 Å². The molecule has 0 bridgehead atoms. The topological polar surface area (TPSA) is 91.2 Å². The van der Waals surface area contributed by atoms with Crippen molar-refractivity contribution in [1.29, 1.82) is 0 Å². The van der Waals surface area contributed by atoms with Crippen molar-refractivity contribution in [3.8, 4) is 0 Å². The summed E-state index contributed by atoms with van der Waals surface area (Å²) in [5.74, 6) is 0.925. The molecule has 1 fully saturated rings. The average molecular weight is 397 g/mol. The maximum Gasteiger partial charge on any atom is 0.262 e. The Morgan fingerprint density at radius 1 is 1.41 bits per heavy atom. The SMILES string of the molecule is CCCCC(CC)CN1CCC(CNC(=O)c2cc(Cl)c(N)[nH]c2=O)CC1. The molecule has 0 saturated carbocycles. The Morgan fingerprint density at radius 2 is 2.11 bits per heavy atom. The number of piperidine rings is 1. The lowest BCUT2D eigenvalue weighted by molar-refractivity contribution is 0.0931. The Morgan fingerprint density at radius 3 is 2.74 bits per heavy atom. The standard InChI is InChI=1S/C20H33ClN4O2/c1-3-5-6-14(4-2)13-25-9-7-15(8-10-25)12-23-19(26)16-11-17(21)18(22)24-20(16)27/h11,14-15H,3-10,12-13H2,1-2H3,(H,23,26)(H3,22,24,27). The number of amides is 1. The van der Waals surface area contributed by atoms with E-state index < -0.39 is 11.5 Å². The number of aromatic nitrogens is 1. The van der Waals surface area contributed by atoms with Crippen LogP contribution in [0.4, 0.5) is 5.82 Å². The van der Waals surface area contributed by atoms with Crippen LogP contribution in [0.3, 0.4) is 0 Å². The van der Waals surface area contributed by atoms with E-state index in [4.69, 9.17) is 17.3 Å². The van der Waals surface area contributed by atoms with Gasteiger partial charge < -0.3 is 20.9 Å². The zero-order chi connectivity index (χ0) is 19.8. The highest BCUT2D eigenvalue weighted by Crippen LogP contribution is 2.21. The molecule has 152 valence electrons. The number of unbranched alkanes of at least 4 members (excludes halogenated alkanes) is 1. The first-order chi connectivity index (χ1) is 12.9. The van der Waals surface area contributed by atoms with Gasteiger partial charge in [-0.25, -0.2) is 0 Å². The number of nitrogens with two attached hydrogens (primary N) is 1. The molecule has 1 amide bonds. The van der Waals surface area contributed by atoms with Crippen LogP contribution >= 0.6 is 11.6 Å². The zero-order valence-electron chi connectivity index (χ0n) is 16.5. The Labute approximate surface area is 166 Å². The molecule has 4 N–H and O–H groups in total. The molecule has 27 heavy (non-hydrogen) atoms. The van der Waals surface area contributed by atoms with Crippen LogP contribution in [0.15, 0.2) is 10.9 Å². The quantitative estimate of drug-likeness (QED) is 0.597. The lowest BCUT2D eigenvalue weighted by Gasteiger charge is -2.34. The Hall–Kier alpha value is -1.53. The number of hydrogen-bond donors (Lipinski definition) is 3. The third kappa shape index (κ3) is 6.54. The monoisotopic (exact) mass is 396 g/mol. The summed E-state index contributed by atoms with van der Waals surface area (Å²) in [4.78, 5) is 29.1. The summed E-state index contributed by atoms with van der Waals surface area (Å²) in [6, 6.07) is 1.33. The van der Waals surface area contributed by atoms with Crippen molar-refractivity contribution in [2.24, 2.45) is 11.8 Å². The van der Waals surface area contributed by atoms with Crippen molar-refractivity contribution in [1.82, 2.24) is 15.2 Å². The number of rotatable bonds is 9. The molecule has 1 aliphatic rings. The fourth-order valence-corrected chi connectivity index (χ4v) is 3.83. The van der Waals surface area contributed by atoms with E-state index >= 15 is 0 Å². The molecule has 1 atom stereocenters. The lowest BCUT2D eigenvalue weighted by atomic mass is 9.93. The Bertz CT molecular complexity index is 668. The van der Waals surface area contributed by atoms with Crippen LogP contribution in [-0.2, 0) is 0 Å². The summed E-state index contributed by atoms with van der Waals surface area (Å²) in [5, 5.41) is 3.06. The van der Waals surface area contributed by atoms with Gasteiger partial charge in [-0.3, -0.25) is 9.59 Å². The van der Waals surface area contributed by atoms with Crippen LogP contribution in [0.1, 0.15) is 62.7 Å². The molecule has 2 rings (SSSR count). The van der Waals surface area contributed by atoms with E-state index in [9.17, 15) is 9.59 Å². The molecular formula is C20H33ClN4O2. The van der Waals surface area contributed by atoms with Crippen molar-refractivity contribution < 1.29 is 4.79 Å². The highest BCUT2D eigenvalue weighted by atomic mass is 35.5. The van der Waals surface area contributed by atoms with Crippen molar-refractivity contribution in [2.75, 3.05) is 31.9 Å². The van der Waals surface area contributed by atoms with E-state index in [0.29, 0.717) is 12.5 Å². The summed E-state index contributed by atoms with van der Waals surface area (Å²) in [6.45, 7) is 8.47. The summed E-state index contributed by atoms with van der Waals surface area (Å²) >= 11 is 5.90. The van der Waals surface area contributed by atoms with Crippen LogP contribution in [0.2, 0.25) is 5.02 Å². The largest absolute Gasteiger partial charge is 0.384 e. The molecule has 2 heterocycles. The van der Waals surface area contributed by atoms with E-state index in [0.717, 1.165) is 31.8 Å². The third-order valence-corrected chi connectivity index (χ3v) is 5.90. The fourth-order valence-electron chi connectivity index (χ4n) is 3.68. The van der Waals surface area contributed by atoms with E-state index in [1.807, 2.05) is 0 Å². The van der Waals surface area contributed by atoms with Gasteiger partial charge in [-0.05, 0) is 50.3 Å². The number of carbonyl (C=O) groups excluding carboxylic acids is 1. The molecule has 6 nitrogen and oxygen atoms in total. The van der Waals surface area contributed by atoms with Crippen molar-refractivity contribution in [3.05, 3.63) is 27.0 Å². The number of nitrogen functional groups attached to an aromatic ring is 1. The molecule has 1 unspecified atom stereocenters. The molecule has 0 radical (unpaired) electrons. The first-order valence-electron chi connectivity index (χ1n) is 10.1. The molecule has 0 aliphatic carbocycles. The first-order valence-corrected chi connectivity index (χ1v) is 10.5. The molecule has 1 saturated heterocycles. The summed E-state index contributed by atoms with van der Waals surface area (Å²) in [5.41, 5.74) is 5.04. The average Bonchev–Trinajstić information content (AvgIpc) is 2.67. The van der Waals surface area contributed by atoms with Gasteiger partial charge in [0, 0.05) is 13.1 Å². The maximum absolute atomic E-state index is 12.3. The van der Waals surface area contributed by atoms with Gasteiger partial charge in [0.05, 0.1) is 5.02 Å². The zero-order valence-corrected chi connectivity index (χ0v) is 17.3. The van der Waals surface area contributed by atoms with Gasteiger partial charge in [-0.15, -0.1) is 0 Å². The molecular weight excluding hydrogens is 364 g/mol. The van der Waals surface area contributed by atoms with E-state index in [1.165, 1.54) is 38.3 Å². The molecule has 1 aromatic heterocycles. The van der Waals surface area contributed by atoms with Gasteiger partial charge in [-0.1, -0.05) is 44.7 Å². The fraction of sp³-hybridized carbons (Fsp3) is 0.700. The number of H-pyrrole nitrogens is 1. The van der Waals surface area contributed by atoms with Crippen LogP contribution in [-0.4, -0.2) is 42.0 Å². The van der Waals surface area contributed by atoms with Gasteiger partial charge in [0.2, 0.25) is 0 Å². The van der Waals surface area contributed by atoms with E-state index in [2.05, 4.69) is 29.0 Å². The highest BCUT2D eigenvalue weighted by Gasteiger charge is 2.22. The number of nitrogens with one attached hydrogen (secondary N) is 2. The highest BCUT2D eigenvalue weighted by molar-refractivity contribution is 6.33. The smallest absolute Gasteiger partial charge is 0.262 e. The van der Waals surface area contributed by atoms with Gasteiger partial charge >= 0.3 is 0 Å². The third-order valence-electron chi connectivity index (χ3n) is 5.58. The van der Waals surface area contributed by atoms with Crippen LogP contribution in [0.25, 0.3) is 0 Å². The van der Waals surface area contributed by atoms with Gasteiger partial charge in [0.1, 0.15) is 11.4 Å². The molecule has 1 aromatic rings. The van der Waals surface area contributed by atoms with Crippen molar-refractivity contribution in [3.63, 3.8) is 0 Å². The minimum Gasteiger partial charge on any atom is -0.384 e. The number of pyridine rings is 1. The molecule has 1 aliphatic heterocycles. The summed E-state index contributed by atoms with van der Waals surface area (Å²) in [7, 11) is 0.